The SMILES string of the molecule is CCOc1ccc(-c2ccnc(C(C)CN)n2)cc1. The molecule has 1 aromatic carbocycles. The van der Waals surface area contributed by atoms with E-state index in [1.807, 2.05) is 44.2 Å². The fourth-order valence-corrected chi connectivity index (χ4v) is 1.77. The van der Waals surface area contributed by atoms with E-state index in [1.54, 1.807) is 6.20 Å². The third kappa shape index (κ3) is 3.29. The Morgan fingerprint density at radius 1 is 1.21 bits per heavy atom. The molecule has 0 bridgehead atoms. The molecule has 100 valence electrons. The molecule has 0 spiro atoms. The topological polar surface area (TPSA) is 61.0 Å². The molecule has 2 N–H and O–H groups in total. The molecule has 2 aromatic rings. The normalized spacial score (nSPS) is 12.2. The Hall–Kier alpha value is -1.94. The van der Waals surface area contributed by atoms with Gasteiger partial charge in [0.15, 0.2) is 0 Å². The van der Waals surface area contributed by atoms with Crippen molar-refractivity contribution in [3.63, 3.8) is 0 Å². The number of nitrogens with two attached hydrogens (primary N) is 1. The van der Waals surface area contributed by atoms with Gasteiger partial charge in [-0.15, -0.1) is 0 Å². The largest absolute Gasteiger partial charge is 0.494 e. The van der Waals surface area contributed by atoms with E-state index in [0.29, 0.717) is 13.2 Å². The number of nitrogens with zero attached hydrogens (tertiary/aromatic N) is 2. The van der Waals surface area contributed by atoms with Crippen LogP contribution in [0.2, 0.25) is 0 Å². The molecular formula is C15H19N3O. The number of hydrogen-bond donors (Lipinski definition) is 1. The van der Waals surface area contributed by atoms with E-state index in [0.717, 1.165) is 22.8 Å². The molecule has 0 fully saturated rings. The predicted octanol–water partition coefficient (Wildman–Crippen LogP) is 2.60. The molecule has 0 saturated heterocycles. The van der Waals surface area contributed by atoms with Crippen LogP contribution >= 0.6 is 0 Å². The summed E-state index contributed by atoms with van der Waals surface area (Å²) in [4.78, 5) is 8.82. The molecule has 0 aliphatic heterocycles. The molecule has 0 amide bonds. The second kappa shape index (κ2) is 6.29. The van der Waals surface area contributed by atoms with Crippen LogP contribution in [0, 0.1) is 0 Å². The van der Waals surface area contributed by atoms with Crippen molar-refractivity contribution in [2.24, 2.45) is 5.73 Å². The Bertz CT molecular complexity index is 525. The maximum Gasteiger partial charge on any atom is 0.133 e. The average molecular weight is 257 g/mol. The van der Waals surface area contributed by atoms with Crippen LogP contribution in [0.1, 0.15) is 25.6 Å². The highest BCUT2D eigenvalue weighted by Crippen LogP contribution is 2.21. The molecule has 0 saturated carbocycles. The van der Waals surface area contributed by atoms with Crippen molar-refractivity contribution in [3.8, 4) is 17.0 Å². The highest BCUT2D eigenvalue weighted by molar-refractivity contribution is 5.59. The minimum Gasteiger partial charge on any atom is -0.494 e. The molecule has 2 rings (SSSR count). The van der Waals surface area contributed by atoms with Gasteiger partial charge in [0.05, 0.1) is 12.3 Å². The summed E-state index contributed by atoms with van der Waals surface area (Å²) in [6.45, 7) is 5.22. The Morgan fingerprint density at radius 3 is 2.58 bits per heavy atom. The summed E-state index contributed by atoms with van der Waals surface area (Å²) >= 11 is 0. The van der Waals surface area contributed by atoms with E-state index in [-0.39, 0.29) is 5.92 Å². The van der Waals surface area contributed by atoms with Crippen molar-refractivity contribution in [1.29, 1.82) is 0 Å². The van der Waals surface area contributed by atoms with Gasteiger partial charge in [-0.05, 0) is 37.3 Å². The highest BCUT2D eigenvalue weighted by Gasteiger charge is 2.08. The van der Waals surface area contributed by atoms with Crippen molar-refractivity contribution in [2.75, 3.05) is 13.2 Å². The Kier molecular flexibility index (Phi) is 4.47. The van der Waals surface area contributed by atoms with Crippen molar-refractivity contribution in [2.45, 2.75) is 19.8 Å². The lowest BCUT2D eigenvalue weighted by Gasteiger charge is -2.09. The molecule has 1 heterocycles. The van der Waals surface area contributed by atoms with Gasteiger partial charge in [0.25, 0.3) is 0 Å². The summed E-state index contributed by atoms with van der Waals surface area (Å²) in [5, 5.41) is 0. The summed E-state index contributed by atoms with van der Waals surface area (Å²) in [6, 6.07) is 9.82. The fraction of sp³-hybridized carbons (Fsp3) is 0.333. The van der Waals surface area contributed by atoms with Crippen LogP contribution in [0.4, 0.5) is 0 Å². The van der Waals surface area contributed by atoms with Crippen LogP contribution in [-0.4, -0.2) is 23.1 Å². The first kappa shape index (κ1) is 13.5. The summed E-state index contributed by atoms with van der Waals surface area (Å²) in [5.74, 6) is 1.83. The van der Waals surface area contributed by atoms with Gasteiger partial charge in [-0.25, -0.2) is 9.97 Å². The molecule has 1 unspecified atom stereocenters. The molecule has 0 aliphatic rings. The maximum atomic E-state index is 5.65. The van der Waals surface area contributed by atoms with E-state index >= 15 is 0 Å². The van der Waals surface area contributed by atoms with E-state index in [1.165, 1.54) is 0 Å². The second-order valence-corrected chi connectivity index (χ2v) is 4.39. The number of benzene rings is 1. The van der Waals surface area contributed by atoms with Gasteiger partial charge >= 0.3 is 0 Å². The molecule has 0 radical (unpaired) electrons. The standard InChI is InChI=1S/C15H19N3O/c1-3-19-13-6-4-12(5-7-13)14-8-9-17-15(18-14)11(2)10-16/h4-9,11H,3,10,16H2,1-2H3. The van der Waals surface area contributed by atoms with Gasteiger partial charge in [-0.3, -0.25) is 0 Å². The zero-order valence-electron chi connectivity index (χ0n) is 11.3. The zero-order chi connectivity index (χ0) is 13.7. The van der Waals surface area contributed by atoms with Crippen LogP contribution in [0.3, 0.4) is 0 Å². The highest BCUT2D eigenvalue weighted by atomic mass is 16.5. The number of rotatable bonds is 5. The Labute approximate surface area is 113 Å². The van der Waals surface area contributed by atoms with Crippen LogP contribution in [0.15, 0.2) is 36.5 Å². The summed E-state index contributed by atoms with van der Waals surface area (Å²) in [5.41, 5.74) is 7.61. The average Bonchev–Trinajstić information content (AvgIpc) is 2.48. The zero-order valence-corrected chi connectivity index (χ0v) is 11.3. The number of aromatic nitrogens is 2. The van der Waals surface area contributed by atoms with Gasteiger partial charge in [0.2, 0.25) is 0 Å². The van der Waals surface area contributed by atoms with E-state index < -0.39 is 0 Å². The molecule has 1 aromatic heterocycles. The minimum atomic E-state index is 0.169. The Morgan fingerprint density at radius 2 is 1.95 bits per heavy atom. The molecular weight excluding hydrogens is 238 g/mol. The van der Waals surface area contributed by atoms with Gasteiger partial charge in [-0.2, -0.15) is 0 Å². The first-order chi connectivity index (χ1) is 9.24. The third-order valence-corrected chi connectivity index (χ3v) is 2.93. The predicted molar refractivity (Wildman–Crippen MR) is 76.1 cm³/mol. The van der Waals surface area contributed by atoms with Crippen molar-refractivity contribution >= 4 is 0 Å². The lowest BCUT2D eigenvalue weighted by molar-refractivity contribution is 0.340. The monoisotopic (exact) mass is 257 g/mol. The van der Waals surface area contributed by atoms with E-state index in [9.17, 15) is 0 Å². The first-order valence-electron chi connectivity index (χ1n) is 6.50. The number of hydrogen-bond acceptors (Lipinski definition) is 4. The quantitative estimate of drug-likeness (QED) is 0.894. The van der Waals surface area contributed by atoms with Crippen molar-refractivity contribution in [1.82, 2.24) is 9.97 Å². The molecule has 19 heavy (non-hydrogen) atoms. The molecule has 4 heteroatoms. The summed E-state index contributed by atoms with van der Waals surface area (Å²) < 4.78 is 5.43. The van der Waals surface area contributed by atoms with Crippen LogP contribution in [0.25, 0.3) is 11.3 Å². The van der Waals surface area contributed by atoms with Gasteiger partial charge < -0.3 is 10.5 Å². The lowest BCUT2D eigenvalue weighted by Crippen LogP contribution is -2.12. The summed E-state index contributed by atoms with van der Waals surface area (Å²) in [7, 11) is 0. The third-order valence-electron chi connectivity index (χ3n) is 2.93. The number of ether oxygens (including phenoxy) is 1. The van der Waals surface area contributed by atoms with Crippen molar-refractivity contribution < 1.29 is 4.74 Å². The van der Waals surface area contributed by atoms with E-state index in [2.05, 4.69) is 9.97 Å². The molecule has 1 atom stereocenters. The van der Waals surface area contributed by atoms with Gasteiger partial charge in [0.1, 0.15) is 11.6 Å². The van der Waals surface area contributed by atoms with Crippen LogP contribution in [-0.2, 0) is 0 Å². The second-order valence-electron chi connectivity index (χ2n) is 4.39. The molecule has 0 aliphatic carbocycles. The van der Waals surface area contributed by atoms with Crippen molar-refractivity contribution in [3.05, 3.63) is 42.4 Å². The van der Waals surface area contributed by atoms with Gasteiger partial charge in [0, 0.05) is 24.2 Å². The van der Waals surface area contributed by atoms with Crippen LogP contribution in [0.5, 0.6) is 5.75 Å². The van der Waals surface area contributed by atoms with E-state index in [4.69, 9.17) is 10.5 Å². The summed E-state index contributed by atoms with van der Waals surface area (Å²) in [6.07, 6.45) is 1.78. The Balaban J connectivity index is 2.26. The van der Waals surface area contributed by atoms with Crippen LogP contribution < -0.4 is 10.5 Å². The first-order valence-corrected chi connectivity index (χ1v) is 6.50. The van der Waals surface area contributed by atoms with Gasteiger partial charge in [-0.1, -0.05) is 6.92 Å². The minimum absolute atomic E-state index is 0.169. The lowest BCUT2D eigenvalue weighted by atomic mass is 10.1. The fourth-order valence-electron chi connectivity index (χ4n) is 1.77. The smallest absolute Gasteiger partial charge is 0.133 e. The maximum absolute atomic E-state index is 5.65. The molecule has 4 nitrogen and oxygen atoms in total.